The third-order valence-electron chi connectivity index (χ3n) is 3.00. The minimum absolute atomic E-state index is 0.000000000000000222. The van der Waals surface area contributed by atoms with Crippen molar-refractivity contribution in [3.8, 4) is 11.1 Å². The molecule has 0 bridgehead atoms. The zero-order chi connectivity index (χ0) is 12.7. The van der Waals surface area contributed by atoms with Crippen LogP contribution in [0.15, 0.2) is 36.4 Å². The lowest BCUT2D eigenvalue weighted by Gasteiger charge is -2.05. The highest BCUT2D eigenvalue weighted by Crippen LogP contribution is 2.29. The fraction of sp³-hybridized carbons (Fsp3) is 0.0714. The van der Waals surface area contributed by atoms with Crippen molar-refractivity contribution < 1.29 is 8.78 Å². The first-order valence-corrected chi connectivity index (χ1v) is 5.56. The van der Waals surface area contributed by atoms with Crippen molar-refractivity contribution in [2.45, 2.75) is 6.92 Å². The smallest absolute Gasteiger partial charge is 0.133 e. The Morgan fingerprint density at radius 1 is 1.06 bits per heavy atom. The van der Waals surface area contributed by atoms with Gasteiger partial charge in [-0.1, -0.05) is 12.1 Å². The van der Waals surface area contributed by atoms with Crippen LogP contribution in [0.25, 0.3) is 22.0 Å². The van der Waals surface area contributed by atoms with Crippen LogP contribution in [0.3, 0.4) is 0 Å². The highest BCUT2D eigenvalue weighted by atomic mass is 19.1. The molecular weight excluding hydrogens is 234 g/mol. The minimum atomic E-state index is -0.560. The number of nitrogens with zero attached hydrogens (tertiary/aromatic N) is 1. The van der Waals surface area contributed by atoms with Gasteiger partial charge in [-0.3, -0.25) is 5.10 Å². The first-order valence-electron chi connectivity index (χ1n) is 5.56. The van der Waals surface area contributed by atoms with Gasteiger partial charge in [-0.15, -0.1) is 0 Å². The van der Waals surface area contributed by atoms with Crippen molar-refractivity contribution >= 4 is 10.9 Å². The average molecular weight is 244 g/mol. The van der Waals surface area contributed by atoms with Crippen LogP contribution < -0.4 is 0 Å². The lowest BCUT2D eigenvalue weighted by Crippen LogP contribution is -1.89. The number of fused-ring (bicyclic) bond motifs is 1. The molecule has 0 saturated carbocycles. The highest BCUT2D eigenvalue weighted by Gasteiger charge is 2.12. The number of hydrogen-bond donors (Lipinski definition) is 1. The average Bonchev–Trinajstić information content (AvgIpc) is 2.71. The van der Waals surface area contributed by atoms with E-state index in [1.54, 1.807) is 18.2 Å². The van der Waals surface area contributed by atoms with Crippen molar-refractivity contribution in [3.63, 3.8) is 0 Å². The van der Waals surface area contributed by atoms with E-state index in [9.17, 15) is 8.78 Å². The van der Waals surface area contributed by atoms with E-state index >= 15 is 0 Å². The van der Waals surface area contributed by atoms with E-state index in [4.69, 9.17) is 0 Å². The molecule has 0 saturated heterocycles. The molecule has 0 aliphatic heterocycles. The number of nitrogens with one attached hydrogen (secondary N) is 1. The van der Waals surface area contributed by atoms with Crippen molar-refractivity contribution in [1.82, 2.24) is 10.2 Å². The summed E-state index contributed by atoms with van der Waals surface area (Å²) in [6.07, 6.45) is 0. The number of halogens is 2. The molecule has 18 heavy (non-hydrogen) atoms. The van der Waals surface area contributed by atoms with Gasteiger partial charge < -0.3 is 0 Å². The number of benzene rings is 2. The summed E-state index contributed by atoms with van der Waals surface area (Å²) in [5, 5.41) is 7.80. The second-order valence-corrected chi connectivity index (χ2v) is 4.18. The Bertz CT molecular complexity index is 711. The van der Waals surface area contributed by atoms with Gasteiger partial charge >= 0.3 is 0 Å². The number of aryl methyl sites for hydroxylation is 1. The van der Waals surface area contributed by atoms with Gasteiger partial charge in [-0.2, -0.15) is 5.10 Å². The van der Waals surface area contributed by atoms with E-state index < -0.39 is 11.6 Å². The normalized spacial score (nSPS) is 11.1. The van der Waals surface area contributed by atoms with E-state index in [1.165, 1.54) is 18.2 Å². The Kier molecular flexibility index (Phi) is 2.37. The molecule has 2 aromatic carbocycles. The minimum Gasteiger partial charge on any atom is -0.282 e. The van der Waals surface area contributed by atoms with E-state index in [-0.39, 0.29) is 5.56 Å². The molecule has 3 aromatic rings. The predicted octanol–water partition coefficient (Wildman–Crippen LogP) is 3.82. The monoisotopic (exact) mass is 244 g/mol. The molecule has 0 aliphatic carbocycles. The number of aromatic nitrogens is 2. The van der Waals surface area contributed by atoms with Crippen LogP contribution in [0.4, 0.5) is 8.78 Å². The van der Waals surface area contributed by atoms with Gasteiger partial charge in [0.1, 0.15) is 11.6 Å². The Morgan fingerprint density at radius 3 is 2.50 bits per heavy atom. The molecule has 0 amide bonds. The molecule has 0 spiro atoms. The van der Waals surface area contributed by atoms with Crippen LogP contribution in [0.1, 0.15) is 5.69 Å². The standard InChI is InChI=1S/C14H10F2N2/c1-8-10-7-9(5-6-13(10)18-17-8)14-11(15)3-2-4-12(14)16/h2-7H,1H3,(H,17,18). The third kappa shape index (κ3) is 1.57. The number of H-pyrrole nitrogens is 1. The van der Waals surface area contributed by atoms with Crippen LogP contribution in [0.5, 0.6) is 0 Å². The van der Waals surface area contributed by atoms with Crippen LogP contribution in [0, 0.1) is 18.6 Å². The van der Waals surface area contributed by atoms with Crippen LogP contribution in [0.2, 0.25) is 0 Å². The second-order valence-electron chi connectivity index (χ2n) is 4.18. The fourth-order valence-electron chi connectivity index (χ4n) is 2.07. The van der Waals surface area contributed by atoms with Gasteiger partial charge in [0.25, 0.3) is 0 Å². The first kappa shape index (κ1) is 10.9. The molecule has 0 radical (unpaired) electrons. The summed E-state index contributed by atoms with van der Waals surface area (Å²) in [6.45, 7) is 1.87. The van der Waals surface area contributed by atoms with E-state index in [0.29, 0.717) is 5.56 Å². The summed E-state index contributed by atoms with van der Waals surface area (Å²) in [7, 11) is 0. The maximum Gasteiger partial charge on any atom is 0.133 e. The molecule has 3 rings (SSSR count). The highest BCUT2D eigenvalue weighted by molar-refractivity contribution is 5.86. The van der Waals surface area contributed by atoms with Crippen LogP contribution in [-0.4, -0.2) is 10.2 Å². The SMILES string of the molecule is Cc1[nH]nc2ccc(-c3c(F)cccc3F)cc12. The number of hydrogen-bond acceptors (Lipinski definition) is 1. The van der Waals surface area contributed by atoms with Crippen molar-refractivity contribution in [2.75, 3.05) is 0 Å². The Morgan fingerprint density at radius 2 is 1.78 bits per heavy atom. The summed E-state index contributed by atoms with van der Waals surface area (Å²) < 4.78 is 27.4. The van der Waals surface area contributed by atoms with Gasteiger partial charge in [-0.05, 0) is 36.8 Å². The van der Waals surface area contributed by atoms with Gasteiger partial charge in [0, 0.05) is 11.1 Å². The molecule has 2 nitrogen and oxygen atoms in total. The quantitative estimate of drug-likeness (QED) is 0.692. The van der Waals surface area contributed by atoms with Gasteiger partial charge in [0.05, 0.1) is 11.1 Å². The summed E-state index contributed by atoms with van der Waals surface area (Å²) in [5.41, 5.74) is 2.18. The summed E-state index contributed by atoms with van der Waals surface area (Å²) >= 11 is 0. The van der Waals surface area contributed by atoms with Crippen LogP contribution in [-0.2, 0) is 0 Å². The Labute approximate surface area is 102 Å². The van der Waals surface area contributed by atoms with E-state index in [0.717, 1.165) is 16.6 Å². The molecule has 1 N–H and O–H groups in total. The molecule has 0 atom stereocenters. The largest absolute Gasteiger partial charge is 0.282 e. The van der Waals surface area contributed by atoms with Crippen molar-refractivity contribution in [3.05, 3.63) is 53.7 Å². The lowest BCUT2D eigenvalue weighted by atomic mass is 10.0. The van der Waals surface area contributed by atoms with Gasteiger partial charge in [-0.25, -0.2) is 8.78 Å². The fourth-order valence-corrected chi connectivity index (χ4v) is 2.07. The molecular formula is C14H10F2N2. The molecule has 1 heterocycles. The zero-order valence-electron chi connectivity index (χ0n) is 9.67. The summed E-state index contributed by atoms with van der Waals surface area (Å²) in [5.74, 6) is -1.12. The first-order chi connectivity index (χ1) is 8.66. The van der Waals surface area contributed by atoms with Crippen molar-refractivity contribution in [1.29, 1.82) is 0 Å². The molecule has 0 fully saturated rings. The molecule has 0 unspecified atom stereocenters. The topological polar surface area (TPSA) is 28.7 Å². The summed E-state index contributed by atoms with van der Waals surface area (Å²) in [6, 6.07) is 9.03. The van der Waals surface area contributed by atoms with E-state index in [1.807, 2.05) is 6.92 Å². The summed E-state index contributed by atoms with van der Waals surface area (Å²) in [4.78, 5) is 0. The molecule has 90 valence electrons. The lowest BCUT2D eigenvalue weighted by molar-refractivity contribution is 0.589. The molecule has 0 aliphatic rings. The molecule has 4 heteroatoms. The third-order valence-corrected chi connectivity index (χ3v) is 3.00. The van der Waals surface area contributed by atoms with Crippen molar-refractivity contribution in [2.24, 2.45) is 0 Å². The van der Waals surface area contributed by atoms with Gasteiger partial charge in [0.15, 0.2) is 0 Å². The van der Waals surface area contributed by atoms with Gasteiger partial charge in [0.2, 0.25) is 0 Å². The van der Waals surface area contributed by atoms with E-state index in [2.05, 4.69) is 10.2 Å². The maximum atomic E-state index is 13.7. The second kappa shape index (κ2) is 3.91. The molecule has 1 aromatic heterocycles. The predicted molar refractivity (Wildman–Crippen MR) is 66.2 cm³/mol. The maximum absolute atomic E-state index is 13.7. The number of aromatic amines is 1. The Balaban J connectivity index is 2.28. The van der Waals surface area contributed by atoms with Crippen LogP contribution >= 0.6 is 0 Å². The zero-order valence-corrected chi connectivity index (χ0v) is 9.67. The number of rotatable bonds is 1. The Hall–Kier alpha value is -2.23.